The van der Waals surface area contributed by atoms with Gasteiger partial charge in [0.2, 0.25) is 5.91 Å². The summed E-state index contributed by atoms with van der Waals surface area (Å²) in [4.78, 5) is 24.7. The lowest BCUT2D eigenvalue weighted by Gasteiger charge is -2.19. The smallest absolute Gasteiger partial charge is 0.320 e. The van der Waals surface area contributed by atoms with E-state index >= 15 is 0 Å². The molecule has 1 atom stereocenters. The molecule has 0 bridgehead atoms. The van der Waals surface area contributed by atoms with E-state index in [1.807, 2.05) is 0 Å². The Hall–Kier alpha value is -1.36. The third-order valence-electron chi connectivity index (χ3n) is 5.40. The fraction of sp³-hybridized carbons (Fsp3) is 0.833. The van der Waals surface area contributed by atoms with Crippen molar-refractivity contribution < 1.29 is 14.7 Å². The first-order valence-corrected chi connectivity index (χ1v) is 11.8. The Morgan fingerprint density at radius 3 is 1.93 bits per heavy atom. The first-order chi connectivity index (χ1) is 14.0. The van der Waals surface area contributed by atoms with Crippen LogP contribution in [-0.4, -0.2) is 48.6 Å². The Bertz CT molecular complexity index is 436. The molecule has 0 aromatic carbocycles. The van der Waals surface area contributed by atoms with Crippen molar-refractivity contribution in [1.29, 1.82) is 0 Å². The molecule has 0 rings (SSSR count). The first-order valence-electron chi connectivity index (χ1n) is 11.8. The van der Waals surface area contributed by atoms with Crippen LogP contribution in [0.2, 0.25) is 0 Å². The molecule has 0 radical (unpaired) electrons. The molecule has 1 amide bonds. The molecule has 0 saturated carbocycles. The van der Waals surface area contributed by atoms with Crippen molar-refractivity contribution in [1.82, 2.24) is 10.2 Å². The van der Waals surface area contributed by atoms with Crippen molar-refractivity contribution >= 4 is 11.9 Å². The minimum atomic E-state index is -0.779. The van der Waals surface area contributed by atoms with Crippen molar-refractivity contribution in [3.05, 3.63) is 12.2 Å². The van der Waals surface area contributed by atoms with E-state index in [1.165, 1.54) is 57.8 Å². The highest BCUT2D eigenvalue weighted by Crippen LogP contribution is 2.12. The average molecular weight is 411 g/mol. The van der Waals surface area contributed by atoms with Crippen LogP contribution in [0.5, 0.6) is 0 Å². The molecule has 0 unspecified atom stereocenters. The molecular formula is C24H46N2O3. The number of allylic oxidation sites excluding steroid dienone is 2. The third kappa shape index (κ3) is 18.4. The van der Waals surface area contributed by atoms with E-state index in [-0.39, 0.29) is 5.91 Å². The number of amides is 1. The second kappa shape index (κ2) is 19.9. The van der Waals surface area contributed by atoms with Crippen LogP contribution in [0.25, 0.3) is 0 Å². The predicted octanol–water partition coefficient (Wildman–Crippen LogP) is 5.55. The van der Waals surface area contributed by atoms with Gasteiger partial charge in [-0.15, -0.1) is 0 Å². The van der Waals surface area contributed by atoms with Crippen LogP contribution in [0.4, 0.5) is 0 Å². The van der Waals surface area contributed by atoms with Crippen molar-refractivity contribution in [2.75, 3.05) is 20.6 Å². The van der Waals surface area contributed by atoms with Crippen molar-refractivity contribution in [2.24, 2.45) is 0 Å². The number of likely N-dealkylation sites (N-methyl/N-ethyl adjacent to an activating group) is 1. The minimum absolute atomic E-state index is 0.130. The maximum Gasteiger partial charge on any atom is 0.320 e. The molecule has 170 valence electrons. The standard InChI is InChI=1S/C24H46N2O3/c1-4-5-6-7-8-9-10-11-12-13-14-15-16-20-23(27)25-21-18-17-19-22(24(28)29)26(2)3/h4-5,22H,6-21H2,1-3H3,(H,25,27)(H,28,29)/b5-4+/t22-/m0/s1. The summed E-state index contributed by atoms with van der Waals surface area (Å²) < 4.78 is 0. The number of carboxylic acid groups (broad SMARTS) is 1. The highest BCUT2D eigenvalue weighted by atomic mass is 16.4. The predicted molar refractivity (Wildman–Crippen MR) is 122 cm³/mol. The number of carboxylic acids is 1. The van der Waals surface area contributed by atoms with E-state index in [0.29, 0.717) is 19.4 Å². The lowest BCUT2D eigenvalue weighted by atomic mass is 10.0. The van der Waals surface area contributed by atoms with Gasteiger partial charge in [0, 0.05) is 13.0 Å². The number of hydrogen-bond donors (Lipinski definition) is 2. The zero-order chi connectivity index (χ0) is 21.7. The van der Waals surface area contributed by atoms with Gasteiger partial charge >= 0.3 is 5.97 Å². The fourth-order valence-corrected chi connectivity index (χ4v) is 3.51. The van der Waals surface area contributed by atoms with Crippen LogP contribution in [-0.2, 0) is 9.59 Å². The summed E-state index contributed by atoms with van der Waals surface area (Å²) in [7, 11) is 3.57. The number of unbranched alkanes of at least 4 members (excludes halogenated alkanes) is 11. The summed E-state index contributed by atoms with van der Waals surface area (Å²) in [5, 5.41) is 12.1. The van der Waals surface area contributed by atoms with Gasteiger partial charge in [0.05, 0.1) is 0 Å². The number of rotatable bonds is 20. The first kappa shape index (κ1) is 27.6. The van der Waals surface area contributed by atoms with E-state index in [2.05, 4.69) is 24.4 Å². The molecule has 0 aromatic rings. The monoisotopic (exact) mass is 410 g/mol. The highest BCUT2D eigenvalue weighted by Gasteiger charge is 2.18. The Morgan fingerprint density at radius 2 is 1.41 bits per heavy atom. The van der Waals surface area contributed by atoms with Crippen molar-refractivity contribution in [3.8, 4) is 0 Å². The Balaban J connectivity index is 3.37. The Labute approximate surface area is 179 Å². The number of hydrogen-bond acceptors (Lipinski definition) is 3. The largest absolute Gasteiger partial charge is 0.480 e. The number of carbonyl (C=O) groups excluding carboxylic acids is 1. The molecule has 29 heavy (non-hydrogen) atoms. The van der Waals surface area contributed by atoms with E-state index in [1.54, 1.807) is 19.0 Å². The number of nitrogens with one attached hydrogen (secondary N) is 1. The highest BCUT2D eigenvalue weighted by molar-refractivity contribution is 5.75. The molecule has 5 nitrogen and oxygen atoms in total. The Kier molecular flexibility index (Phi) is 19.0. The van der Waals surface area contributed by atoms with Gasteiger partial charge in [-0.2, -0.15) is 0 Å². The lowest BCUT2D eigenvalue weighted by Crippen LogP contribution is -2.35. The second-order valence-electron chi connectivity index (χ2n) is 8.31. The van der Waals surface area contributed by atoms with Gasteiger partial charge in [-0.05, 0) is 59.5 Å². The molecule has 0 aromatic heterocycles. The SMILES string of the molecule is C/C=C/CCCCCCCCCCCCC(=O)NCCCC[C@@H](C(=O)O)N(C)C. The Morgan fingerprint density at radius 1 is 0.862 bits per heavy atom. The van der Waals surface area contributed by atoms with Crippen LogP contribution in [0.3, 0.4) is 0 Å². The second-order valence-corrected chi connectivity index (χ2v) is 8.31. The van der Waals surface area contributed by atoms with Crippen LogP contribution in [0, 0.1) is 0 Å². The molecule has 0 saturated heterocycles. The quantitative estimate of drug-likeness (QED) is 0.204. The molecule has 2 N–H and O–H groups in total. The fourth-order valence-electron chi connectivity index (χ4n) is 3.51. The summed E-state index contributed by atoms with van der Waals surface area (Å²) >= 11 is 0. The molecule has 0 spiro atoms. The topological polar surface area (TPSA) is 69.6 Å². The molecule has 5 heteroatoms. The molecule has 0 aliphatic carbocycles. The summed E-state index contributed by atoms with van der Waals surface area (Å²) in [6.45, 7) is 2.73. The van der Waals surface area contributed by atoms with E-state index in [0.717, 1.165) is 25.7 Å². The molecule has 0 aliphatic heterocycles. The van der Waals surface area contributed by atoms with E-state index < -0.39 is 12.0 Å². The van der Waals surface area contributed by atoms with Crippen LogP contribution < -0.4 is 5.32 Å². The molecule has 0 fully saturated rings. The normalized spacial score (nSPS) is 12.6. The van der Waals surface area contributed by atoms with Gasteiger partial charge < -0.3 is 10.4 Å². The van der Waals surface area contributed by atoms with Crippen LogP contribution in [0.15, 0.2) is 12.2 Å². The number of aliphatic carboxylic acids is 1. The minimum Gasteiger partial charge on any atom is -0.480 e. The average Bonchev–Trinajstić information content (AvgIpc) is 2.67. The van der Waals surface area contributed by atoms with E-state index in [9.17, 15) is 9.59 Å². The number of nitrogens with zero attached hydrogens (tertiary/aromatic N) is 1. The van der Waals surface area contributed by atoms with Crippen molar-refractivity contribution in [3.63, 3.8) is 0 Å². The van der Waals surface area contributed by atoms with Gasteiger partial charge in [-0.3, -0.25) is 14.5 Å². The maximum atomic E-state index is 11.8. The van der Waals surface area contributed by atoms with Crippen molar-refractivity contribution in [2.45, 2.75) is 109 Å². The van der Waals surface area contributed by atoms with Gasteiger partial charge in [0.15, 0.2) is 0 Å². The number of carbonyl (C=O) groups is 2. The maximum absolute atomic E-state index is 11.8. The molecular weight excluding hydrogens is 364 g/mol. The summed E-state index contributed by atoms with van der Waals surface area (Å²) in [6.07, 6.45) is 21.2. The zero-order valence-corrected chi connectivity index (χ0v) is 19.3. The lowest BCUT2D eigenvalue weighted by molar-refractivity contribution is -0.142. The molecule has 0 aliphatic rings. The van der Waals surface area contributed by atoms with E-state index in [4.69, 9.17) is 5.11 Å². The summed E-state index contributed by atoms with van der Waals surface area (Å²) in [5.41, 5.74) is 0. The molecule has 0 heterocycles. The van der Waals surface area contributed by atoms with Crippen LogP contribution in [0.1, 0.15) is 103 Å². The van der Waals surface area contributed by atoms with Gasteiger partial charge in [0.1, 0.15) is 6.04 Å². The summed E-state index contributed by atoms with van der Waals surface area (Å²) in [5.74, 6) is -0.649. The third-order valence-corrected chi connectivity index (χ3v) is 5.40. The van der Waals surface area contributed by atoms with Crippen LogP contribution >= 0.6 is 0 Å². The zero-order valence-electron chi connectivity index (χ0n) is 19.3. The van der Waals surface area contributed by atoms with Gasteiger partial charge in [-0.25, -0.2) is 0 Å². The van der Waals surface area contributed by atoms with Gasteiger partial charge in [-0.1, -0.05) is 63.5 Å². The van der Waals surface area contributed by atoms with Gasteiger partial charge in [0.25, 0.3) is 0 Å². The summed E-state index contributed by atoms with van der Waals surface area (Å²) in [6, 6.07) is -0.436.